The summed E-state index contributed by atoms with van der Waals surface area (Å²) in [5.74, 6) is 0. The maximum Gasteiger partial charge on any atom is 0.492 e. The fourth-order valence-electron chi connectivity index (χ4n) is 4.28. The summed E-state index contributed by atoms with van der Waals surface area (Å²) < 4.78 is 6.03. The third-order valence-electron chi connectivity index (χ3n) is 5.50. The van der Waals surface area contributed by atoms with Gasteiger partial charge >= 0.3 is 7.12 Å². The van der Waals surface area contributed by atoms with E-state index < -0.39 is 7.12 Å². The molecule has 5 rings (SSSR count). The monoisotopic (exact) mass is 328 g/mol. The molecule has 3 aromatic carbocycles. The van der Waals surface area contributed by atoms with Gasteiger partial charge in [0.05, 0.1) is 0 Å². The van der Waals surface area contributed by atoms with Gasteiger partial charge in [0.25, 0.3) is 0 Å². The Hall–Kier alpha value is -2.56. The molecule has 0 bridgehead atoms. The van der Waals surface area contributed by atoms with Crippen LogP contribution in [-0.4, -0.2) is 17.2 Å². The van der Waals surface area contributed by atoms with Crippen molar-refractivity contribution in [2.24, 2.45) is 0 Å². The van der Waals surface area contributed by atoms with Crippen molar-refractivity contribution in [3.63, 3.8) is 0 Å². The van der Waals surface area contributed by atoms with E-state index in [4.69, 9.17) is 4.42 Å². The van der Waals surface area contributed by atoms with Crippen LogP contribution in [0.3, 0.4) is 0 Å². The van der Waals surface area contributed by atoms with Gasteiger partial charge in [0.2, 0.25) is 0 Å². The Kier molecular flexibility index (Phi) is 2.80. The molecule has 1 heterocycles. The highest BCUT2D eigenvalue weighted by Crippen LogP contribution is 2.52. The first-order valence-electron chi connectivity index (χ1n) is 8.45. The smallest absolute Gasteiger partial charge is 0.456 e. The van der Waals surface area contributed by atoms with E-state index in [-0.39, 0.29) is 5.41 Å². The second-order valence-corrected chi connectivity index (χ2v) is 7.23. The number of rotatable bonds is 1. The van der Waals surface area contributed by atoms with E-state index in [0.29, 0.717) is 11.0 Å². The van der Waals surface area contributed by atoms with Crippen LogP contribution in [0.4, 0.5) is 0 Å². The molecule has 0 saturated carbocycles. The number of para-hydroxylation sites is 1. The van der Waals surface area contributed by atoms with Crippen LogP contribution >= 0.6 is 0 Å². The van der Waals surface area contributed by atoms with Crippen molar-refractivity contribution in [1.82, 2.24) is 0 Å². The van der Waals surface area contributed by atoms with Crippen molar-refractivity contribution in [2.45, 2.75) is 19.3 Å². The molecule has 1 aromatic heterocycles. The van der Waals surface area contributed by atoms with Crippen LogP contribution in [0, 0.1) is 0 Å². The first-order valence-corrected chi connectivity index (χ1v) is 8.45. The van der Waals surface area contributed by atoms with Gasteiger partial charge in [-0.2, -0.15) is 0 Å². The maximum absolute atomic E-state index is 9.96. The minimum atomic E-state index is -1.58. The highest BCUT2D eigenvalue weighted by Gasteiger charge is 2.39. The van der Waals surface area contributed by atoms with Gasteiger partial charge in [-0.1, -0.05) is 62.4 Å². The van der Waals surface area contributed by atoms with Crippen LogP contribution in [0.1, 0.15) is 25.0 Å². The quantitative estimate of drug-likeness (QED) is 0.525. The van der Waals surface area contributed by atoms with E-state index in [0.717, 1.165) is 27.5 Å². The fourth-order valence-corrected chi connectivity index (χ4v) is 4.28. The molecule has 0 atom stereocenters. The molecule has 0 fully saturated rings. The second-order valence-electron chi connectivity index (χ2n) is 7.23. The third kappa shape index (κ3) is 1.78. The van der Waals surface area contributed by atoms with Crippen LogP contribution in [0.5, 0.6) is 0 Å². The summed E-state index contributed by atoms with van der Waals surface area (Å²) in [6, 6.07) is 18.1. The minimum Gasteiger partial charge on any atom is -0.456 e. The molecule has 0 saturated heterocycles. The van der Waals surface area contributed by atoms with Crippen molar-refractivity contribution >= 4 is 34.5 Å². The van der Waals surface area contributed by atoms with Crippen LogP contribution < -0.4 is 5.46 Å². The average Bonchev–Trinajstić information content (AvgIpc) is 3.08. The summed E-state index contributed by atoms with van der Waals surface area (Å²) in [4.78, 5) is 0. The molecule has 0 radical (unpaired) electrons. The SMILES string of the molecule is CC1(C)c2ccccc2-c2c1cc(B(O)O)c1oc3ccccc3c21. The Morgan fingerprint density at radius 3 is 2.44 bits per heavy atom. The summed E-state index contributed by atoms with van der Waals surface area (Å²) in [5.41, 5.74) is 6.23. The van der Waals surface area contributed by atoms with Crippen LogP contribution in [-0.2, 0) is 5.41 Å². The zero-order chi connectivity index (χ0) is 17.3. The number of furan rings is 1. The lowest BCUT2D eigenvalue weighted by Gasteiger charge is -2.22. The zero-order valence-corrected chi connectivity index (χ0v) is 14.1. The molecule has 4 heteroatoms. The minimum absolute atomic E-state index is 0.206. The number of fused-ring (bicyclic) bond motifs is 7. The lowest BCUT2D eigenvalue weighted by molar-refractivity contribution is 0.425. The van der Waals surface area contributed by atoms with Crippen molar-refractivity contribution in [3.8, 4) is 11.1 Å². The highest BCUT2D eigenvalue weighted by molar-refractivity contribution is 6.62. The molecule has 122 valence electrons. The van der Waals surface area contributed by atoms with Gasteiger partial charge < -0.3 is 14.5 Å². The molecule has 3 nitrogen and oxygen atoms in total. The summed E-state index contributed by atoms with van der Waals surface area (Å²) in [5, 5.41) is 21.9. The summed E-state index contributed by atoms with van der Waals surface area (Å²) in [6.07, 6.45) is 0. The highest BCUT2D eigenvalue weighted by atomic mass is 16.4. The molecule has 0 spiro atoms. The van der Waals surface area contributed by atoms with E-state index in [9.17, 15) is 10.0 Å². The molecular weight excluding hydrogens is 311 g/mol. The van der Waals surface area contributed by atoms with Gasteiger partial charge in [0.15, 0.2) is 0 Å². The van der Waals surface area contributed by atoms with Crippen LogP contribution in [0.2, 0.25) is 0 Å². The number of hydrogen-bond acceptors (Lipinski definition) is 3. The van der Waals surface area contributed by atoms with Gasteiger partial charge in [-0.05, 0) is 28.3 Å². The largest absolute Gasteiger partial charge is 0.492 e. The van der Waals surface area contributed by atoms with Gasteiger partial charge in [-0.25, -0.2) is 0 Å². The van der Waals surface area contributed by atoms with E-state index >= 15 is 0 Å². The Bertz CT molecular complexity index is 1150. The molecule has 4 aromatic rings. The zero-order valence-electron chi connectivity index (χ0n) is 14.1. The van der Waals surface area contributed by atoms with Gasteiger partial charge in [-0.15, -0.1) is 0 Å². The van der Waals surface area contributed by atoms with E-state index in [1.807, 2.05) is 36.4 Å². The average molecular weight is 328 g/mol. The molecule has 0 unspecified atom stereocenters. The lowest BCUT2D eigenvalue weighted by atomic mass is 9.74. The standard InChI is InChI=1S/C21H17BO3/c1-21(2)14-9-5-3-7-12(14)18-15(21)11-16(22(23)24)20-19(18)13-8-4-6-10-17(13)25-20/h3-11,23-24H,1-2H3. The van der Waals surface area contributed by atoms with Crippen molar-refractivity contribution in [3.05, 3.63) is 65.7 Å². The predicted molar refractivity (Wildman–Crippen MR) is 101 cm³/mol. The third-order valence-corrected chi connectivity index (χ3v) is 5.50. The lowest BCUT2D eigenvalue weighted by Crippen LogP contribution is -2.32. The topological polar surface area (TPSA) is 53.6 Å². The molecular formula is C21H17BO3. The van der Waals surface area contributed by atoms with Crippen molar-refractivity contribution < 1.29 is 14.5 Å². The summed E-state index contributed by atoms with van der Waals surface area (Å²) >= 11 is 0. The first kappa shape index (κ1) is 14.8. The van der Waals surface area contributed by atoms with Crippen LogP contribution in [0.25, 0.3) is 33.1 Å². The normalized spacial score (nSPS) is 14.7. The molecule has 0 amide bonds. The molecule has 2 N–H and O–H groups in total. The van der Waals surface area contributed by atoms with Gasteiger partial charge in [0, 0.05) is 21.7 Å². The predicted octanol–water partition coefficient (Wildman–Crippen LogP) is 3.57. The number of hydrogen-bond donors (Lipinski definition) is 2. The maximum atomic E-state index is 9.96. The van der Waals surface area contributed by atoms with Gasteiger partial charge in [-0.3, -0.25) is 0 Å². The van der Waals surface area contributed by atoms with E-state index in [1.165, 1.54) is 11.1 Å². The summed E-state index contributed by atoms with van der Waals surface area (Å²) in [7, 11) is -1.58. The number of benzene rings is 3. The molecule has 25 heavy (non-hydrogen) atoms. The Balaban J connectivity index is 2.07. The Labute approximate surface area is 145 Å². The van der Waals surface area contributed by atoms with Gasteiger partial charge in [0.1, 0.15) is 11.2 Å². The van der Waals surface area contributed by atoms with E-state index in [1.54, 1.807) is 0 Å². The molecule has 0 aliphatic heterocycles. The first-order chi connectivity index (χ1) is 12.0. The molecule has 1 aliphatic carbocycles. The van der Waals surface area contributed by atoms with Crippen molar-refractivity contribution in [1.29, 1.82) is 0 Å². The van der Waals surface area contributed by atoms with Crippen LogP contribution in [0.15, 0.2) is 59.0 Å². The Morgan fingerprint density at radius 2 is 1.64 bits per heavy atom. The van der Waals surface area contributed by atoms with E-state index in [2.05, 4.69) is 32.0 Å². The molecule has 1 aliphatic rings. The second kappa shape index (κ2) is 4.75. The Morgan fingerprint density at radius 1 is 0.920 bits per heavy atom. The fraction of sp³-hybridized carbons (Fsp3) is 0.143. The van der Waals surface area contributed by atoms with Crippen molar-refractivity contribution in [2.75, 3.05) is 0 Å². The summed E-state index contributed by atoms with van der Waals surface area (Å²) in [6.45, 7) is 4.36.